The summed E-state index contributed by atoms with van der Waals surface area (Å²) in [5.41, 5.74) is -0.275. The van der Waals surface area contributed by atoms with Crippen LogP contribution < -0.4 is 5.32 Å². The number of hydrogen-bond acceptors (Lipinski definition) is 3. The summed E-state index contributed by atoms with van der Waals surface area (Å²) >= 11 is 0. The van der Waals surface area contributed by atoms with Crippen molar-refractivity contribution in [2.45, 2.75) is 45.3 Å². The van der Waals surface area contributed by atoms with Crippen LogP contribution in [0.1, 0.15) is 33.6 Å². The lowest BCUT2D eigenvalue weighted by Crippen LogP contribution is -2.55. The van der Waals surface area contributed by atoms with Crippen molar-refractivity contribution in [3.8, 4) is 0 Å². The molecule has 0 spiro atoms. The van der Waals surface area contributed by atoms with E-state index in [1.165, 1.54) is 4.90 Å². The van der Waals surface area contributed by atoms with E-state index in [0.717, 1.165) is 12.8 Å². The second kappa shape index (κ2) is 6.04. The van der Waals surface area contributed by atoms with Crippen molar-refractivity contribution in [2.75, 3.05) is 19.7 Å². The summed E-state index contributed by atoms with van der Waals surface area (Å²) in [7, 11) is 0. The molecule has 6 nitrogen and oxygen atoms in total. The zero-order valence-corrected chi connectivity index (χ0v) is 11.2. The van der Waals surface area contributed by atoms with Crippen molar-refractivity contribution < 1.29 is 19.4 Å². The van der Waals surface area contributed by atoms with Crippen LogP contribution in [0.4, 0.5) is 4.79 Å². The van der Waals surface area contributed by atoms with Crippen molar-refractivity contribution in [3.63, 3.8) is 0 Å². The van der Waals surface area contributed by atoms with E-state index < -0.39 is 12.1 Å². The van der Waals surface area contributed by atoms with Gasteiger partial charge in [0.1, 0.15) is 0 Å². The molecule has 104 valence electrons. The zero-order chi connectivity index (χ0) is 13.8. The molecule has 1 aliphatic rings. The van der Waals surface area contributed by atoms with Crippen LogP contribution >= 0.6 is 0 Å². The van der Waals surface area contributed by atoms with E-state index in [9.17, 15) is 9.59 Å². The highest BCUT2D eigenvalue weighted by Gasteiger charge is 2.30. The molecule has 1 saturated heterocycles. The molecule has 0 bridgehead atoms. The fourth-order valence-electron chi connectivity index (χ4n) is 2.04. The first-order valence-electron chi connectivity index (χ1n) is 6.27. The third kappa shape index (κ3) is 4.18. The second-order valence-electron chi connectivity index (χ2n) is 5.21. The van der Waals surface area contributed by atoms with Crippen LogP contribution in [0.25, 0.3) is 0 Å². The number of carbonyl (C=O) groups is 2. The number of aliphatic carboxylic acids is 1. The van der Waals surface area contributed by atoms with E-state index in [-0.39, 0.29) is 24.7 Å². The molecule has 0 aromatic carbocycles. The van der Waals surface area contributed by atoms with E-state index in [1.54, 1.807) is 0 Å². The minimum Gasteiger partial charge on any atom is -0.479 e. The Kier molecular flexibility index (Phi) is 4.95. The monoisotopic (exact) mass is 258 g/mol. The lowest BCUT2D eigenvalue weighted by Gasteiger charge is -2.34. The first-order chi connectivity index (χ1) is 8.35. The number of nitrogens with zero attached hydrogens (tertiary/aromatic N) is 1. The molecule has 1 fully saturated rings. The summed E-state index contributed by atoms with van der Waals surface area (Å²) in [5.74, 6) is -1.03. The Labute approximate surface area is 107 Å². The molecule has 0 aliphatic carbocycles. The molecule has 0 saturated carbocycles. The van der Waals surface area contributed by atoms with Gasteiger partial charge >= 0.3 is 12.0 Å². The van der Waals surface area contributed by atoms with Gasteiger partial charge < -0.3 is 20.1 Å². The van der Waals surface area contributed by atoms with Crippen LogP contribution in [0, 0.1) is 0 Å². The lowest BCUT2D eigenvalue weighted by atomic mass is 9.99. The quantitative estimate of drug-likeness (QED) is 0.790. The van der Waals surface area contributed by atoms with Crippen molar-refractivity contribution in [1.29, 1.82) is 0 Å². The van der Waals surface area contributed by atoms with Gasteiger partial charge in [0.25, 0.3) is 0 Å². The van der Waals surface area contributed by atoms with E-state index in [4.69, 9.17) is 9.84 Å². The molecule has 0 aromatic heterocycles. The number of hydrogen-bond donors (Lipinski definition) is 2. The summed E-state index contributed by atoms with van der Waals surface area (Å²) in [6.45, 7) is 6.77. The molecule has 2 N–H and O–H groups in total. The number of amides is 2. The number of rotatable bonds is 4. The van der Waals surface area contributed by atoms with Gasteiger partial charge in [0.15, 0.2) is 6.10 Å². The van der Waals surface area contributed by atoms with Crippen LogP contribution in [-0.2, 0) is 9.53 Å². The van der Waals surface area contributed by atoms with E-state index in [1.807, 2.05) is 13.8 Å². The highest BCUT2D eigenvalue weighted by molar-refractivity contribution is 5.77. The number of nitrogens with one attached hydrogen (secondary N) is 1. The molecular weight excluding hydrogens is 236 g/mol. The van der Waals surface area contributed by atoms with Crippen LogP contribution in [0.3, 0.4) is 0 Å². The average molecular weight is 258 g/mol. The van der Waals surface area contributed by atoms with Gasteiger partial charge in [-0.25, -0.2) is 9.59 Å². The Balaban J connectivity index is 2.53. The fourth-order valence-corrected chi connectivity index (χ4v) is 2.04. The molecule has 2 amide bonds. The highest BCUT2D eigenvalue weighted by Crippen LogP contribution is 2.13. The second-order valence-corrected chi connectivity index (χ2v) is 5.21. The van der Waals surface area contributed by atoms with Gasteiger partial charge in [-0.15, -0.1) is 0 Å². The Morgan fingerprint density at radius 1 is 1.50 bits per heavy atom. The zero-order valence-electron chi connectivity index (χ0n) is 11.2. The maximum atomic E-state index is 12.0. The SMILES string of the molecule is CCCC(C)(C)NC(=O)N1CCOC(C(=O)O)C1. The van der Waals surface area contributed by atoms with Gasteiger partial charge in [0, 0.05) is 12.1 Å². The summed E-state index contributed by atoms with van der Waals surface area (Å²) in [4.78, 5) is 24.3. The largest absolute Gasteiger partial charge is 0.479 e. The molecule has 1 atom stereocenters. The predicted molar refractivity (Wildman–Crippen MR) is 66.5 cm³/mol. The van der Waals surface area contributed by atoms with Crippen LogP contribution in [0.2, 0.25) is 0 Å². The Morgan fingerprint density at radius 2 is 2.17 bits per heavy atom. The normalized spacial score (nSPS) is 20.6. The van der Waals surface area contributed by atoms with Gasteiger partial charge in [-0.2, -0.15) is 0 Å². The summed E-state index contributed by atoms with van der Waals surface area (Å²) in [6, 6.07) is -0.219. The molecule has 0 radical (unpaired) electrons. The van der Waals surface area contributed by atoms with Gasteiger partial charge in [-0.1, -0.05) is 13.3 Å². The minimum absolute atomic E-state index is 0.101. The van der Waals surface area contributed by atoms with Crippen LogP contribution in [-0.4, -0.2) is 53.3 Å². The number of morpholine rings is 1. The van der Waals surface area contributed by atoms with Crippen molar-refractivity contribution in [3.05, 3.63) is 0 Å². The molecule has 0 aromatic rings. The molecule has 6 heteroatoms. The van der Waals surface area contributed by atoms with E-state index >= 15 is 0 Å². The number of carboxylic acids is 1. The molecule has 1 rings (SSSR count). The van der Waals surface area contributed by atoms with E-state index in [0.29, 0.717) is 6.54 Å². The topological polar surface area (TPSA) is 78.9 Å². The summed E-state index contributed by atoms with van der Waals surface area (Å²) in [6.07, 6.45) is 0.943. The maximum absolute atomic E-state index is 12.0. The van der Waals surface area contributed by atoms with Crippen LogP contribution in [0.15, 0.2) is 0 Å². The third-order valence-electron chi connectivity index (χ3n) is 2.95. The predicted octanol–water partition coefficient (Wildman–Crippen LogP) is 1.06. The smallest absolute Gasteiger partial charge is 0.334 e. The lowest BCUT2D eigenvalue weighted by molar-refractivity contribution is -0.154. The van der Waals surface area contributed by atoms with Crippen molar-refractivity contribution >= 4 is 12.0 Å². The molecule has 18 heavy (non-hydrogen) atoms. The molecule has 1 unspecified atom stereocenters. The summed E-state index contributed by atoms with van der Waals surface area (Å²) in [5, 5.41) is 11.8. The average Bonchev–Trinajstić information content (AvgIpc) is 2.28. The highest BCUT2D eigenvalue weighted by atomic mass is 16.5. The maximum Gasteiger partial charge on any atom is 0.334 e. The standard InChI is InChI=1S/C12H22N2O4/c1-4-5-12(2,3)13-11(17)14-6-7-18-9(8-14)10(15)16/h9H,4-8H2,1-3H3,(H,13,17)(H,15,16). The first-order valence-corrected chi connectivity index (χ1v) is 6.27. The van der Waals surface area contributed by atoms with Gasteiger partial charge in [-0.05, 0) is 20.3 Å². The van der Waals surface area contributed by atoms with E-state index in [2.05, 4.69) is 12.2 Å². The molecular formula is C12H22N2O4. The fraction of sp³-hybridized carbons (Fsp3) is 0.833. The van der Waals surface area contributed by atoms with Gasteiger partial charge in [-0.3, -0.25) is 0 Å². The number of carboxylic acid groups (broad SMARTS) is 1. The third-order valence-corrected chi connectivity index (χ3v) is 2.95. The van der Waals surface area contributed by atoms with Crippen LogP contribution in [0.5, 0.6) is 0 Å². The number of ether oxygens (including phenoxy) is 1. The molecule has 1 heterocycles. The van der Waals surface area contributed by atoms with Crippen molar-refractivity contribution in [1.82, 2.24) is 10.2 Å². The Hall–Kier alpha value is -1.30. The van der Waals surface area contributed by atoms with Gasteiger partial charge in [0.2, 0.25) is 0 Å². The van der Waals surface area contributed by atoms with Gasteiger partial charge in [0.05, 0.1) is 13.2 Å². The summed E-state index contributed by atoms with van der Waals surface area (Å²) < 4.78 is 5.08. The minimum atomic E-state index is -1.03. The Bertz CT molecular complexity index is 317. The molecule has 1 aliphatic heterocycles. The van der Waals surface area contributed by atoms with Crippen molar-refractivity contribution in [2.24, 2.45) is 0 Å². The first kappa shape index (κ1) is 14.8. The number of carbonyl (C=O) groups excluding carboxylic acids is 1. The Morgan fingerprint density at radius 3 is 2.72 bits per heavy atom. The number of urea groups is 1.